The number of hydrogen-bond donors (Lipinski definition) is 3. The smallest absolute Gasteiger partial charge is 0.322 e. The van der Waals surface area contributed by atoms with Gasteiger partial charge in [-0.05, 0) is 24.6 Å². The van der Waals surface area contributed by atoms with Crippen LogP contribution in [0.5, 0.6) is 5.75 Å². The molecular weight excluding hydrogens is 305 g/mol. The molecule has 0 aliphatic carbocycles. The van der Waals surface area contributed by atoms with Crippen molar-refractivity contribution in [1.82, 2.24) is 16.0 Å². The molecule has 7 nitrogen and oxygen atoms in total. The SMILES string of the molecule is CCCNC(=O)[C@H]1C[C@@]2(NC(=O)NC2=O)c2cc(F)ccc2O1. The first-order valence-corrected chi connectivity index (χ1v) is 7.34. The molecule has 122 valence electrons. The third-order valence-corrected chi connectivity index (χ3v) is 3.95. The summed E-state index contributed by atoms with van der Waals surface area (Å²) in [5, 5.41) is 7.35. The van der Waals surface area contributed by atoms with E-state index in [1.165, 1.54) is 12.1 Å². The Kier molecular flexibility index (Phi) is 3.67. The van der Waals surface area contributed by atoms with Crippen LogP contribution in [0.3, 0.4) is 0 Å². The second kappa shape index (κ2) is 5.53. The molecule has 1 spiro atoms. The molecule has 2 aliphatic rings. The summed E-state index contributed by atoms with van der Waals surface area (Å²) in [5.41, 5.74) is -1.29. The highest BCUT2D eigenvalue weighted by Gasteiger charge is 2.54. The number of nitrogens with one attached hydrogen (secondary N) is 3. The Hall–Kier alpha value is -2.64. The van der Waals surface area contributed by atoms with Crippen LogP contribution in [-0.2, 0) is 15.1 Å². The highest BCUT2D eigenvalue weighted by molar-refractivity contribution is 6.08. The Morgan fingerprint density at radius 3 is 2.91 bits per heavy atom. The first kappa shape index (κ1) is 15.3. The van der Waals surface area contributed by atoms with Gasteiger partial charge < -0.3 is 15.4 Å². The molecule has 0 bridgehead atoms. The number of rotatable bonds is 3. The number of amides is 4. The lowest BCUT2D eigenvalue weighted by Crippen LogP contribution is -2.54. The van der Waals surface area contributed by atoms with Crippen LogP contribution in [0.25, 0.3) is 0 Å². The van der Waals surface area contributed by atoms with E-state index in [0.29, 0.717) is 6.54 Å². The van der Waals surface area contributed by atoms with Crippen LogP contribution in [0, 0.1) is 5.82 Å². The van der Waals surface area contributed by atoms with Gasteiger partial charge in [0.05, 0.1) is 0 Å². The first-order chi connectivity index (χ1) is 11.0. The maximum atomic E-state index is 13.6. The average Bonchev–Trinajstić information content (AvgIpc) is 2.79. The van der Waals surface area contributed by atoms with E-state index < -0.39 is 29.4 Å². The Bertz CT molecular complexity index is 693. The Morgan fingerprint density at radius 1 is 1.48 bits per heavy atom. The zero-order valence-corrected chi connectivity index (χ0v) is 12.4. The predicted molar refractivity (Wildman–Crippen MR) is 77.1 cm³/mol. The van der Waals surface area contributed by atoms with Crippen LogP contribution in [0.15, 0.2) is 18.2 Å². The number of ether oxygens (including phenoxy) is 1. The normalized spacial score (nSPS) is 25.4. The lowest BCUT2D eigenvalue weighted by atomic mass is 9.81. The third-order valence-electron chi connectivity index (χ3n) is 3.95. The quantitative estimate of drug-likeness (QED) is 0.708. The van der Waals surface area contributed by atoms with Crippen molar-refractivity contribution >= 4 is 17.8 Å². The van der Waals surface area contributed by atoms with Gasteiger partial charge in [-0.2, -0.15) is 0 Å². The summed E-state index contributed by atoms with van der Waals surface area (Å²) < 4.78 is 19.2. The number of carbonyl (C=O) groups excluding carboxylic acids is 3. The fourth-order valence-corrected chi connectivity index (χ4v) is 2.85. The van der Waals surface area contributed by atoms with Gasteiger partial charge in [-0.1, -0.05) is 6.92 Å². The average molecular weight is 321 g/mol. The molecule has 2 heterocycles. The van der Waals surface area contributed by atoms with Crippen LogP contribution in [0.4, 0.5) is 9.18 Å². The van der Waals surface area contributed by atoms with Crippen LogP contribution in [0.2, 0.25) is 0 Å². The maximum Gasteiger partial charge on any atom is 0.322 e. The Balaban J connectivity index is 2.01. The van der Waals surface area contributed by atoms with E-state index in [0.717, 1.165) is 12.5 Å². The minimum atomic E-state index is -1.50. The summed E-state index contributed by atoms with van der Waals surface area (Å²) in [6, 6.07) is 2.98. The highest BCUT2D eigenvalue weighted by atomic mass is 19.1. The number of fused-ring (bicyclic) bond motifs is 2. The fourth-order valence-electron chi connectivity index (χ4n) is 2.85. The number of benzene rings is 1. The molecule has 1 saturated heterocycles. The second-order valence-corrected chi connectivity index (χ2v) is 5.56. The summed E-state index contributed by atoms with van der Waals surface area (Å²) in [6.07, 6.45) is -0.303. The van der Waals surface area contributed by atoms with Crippen molar-refractivity contribution in [2.45, 2.75) is 31.4 Å². The van der Waals surface area contributed by atoms with E-state index in [2.05, 4.69) is 16.0 Å². The number of carbonyl (C=O) groups is 3. The predicted octanol–water partition coefficient (Wildman–Crippen LogP) is 0.538. The van der Waals surface area contributed by atoms with Crippen molar-refractivity contribution in [3.05, 3.63) is 29.6 Å². The van der Waals surface area contributed by atoms with E-state index in [4.69, 9.17) is 4.74 Å². The molecule has 23 heavy (non-hydrogen) atoms. The van der Waals surface area contributed by atoms with Crippen molar-refractivity contribution in [3.8, 4) is 5.75 Å². The van der Waals surface area contributed by atoms with Gasteiger partial charge in [0.1, 0.15) is 11.6 Å². The maximum absolute atomic E-state index is 13.6. The highest BCUT2D eigenvalue weighted by Crippen LogP contribution is 2.41. The lowest BCUT2D eigenvalue weighted by Gasteiger charge is -2.36. The minimum Gasteiger partial charge on any atom is -0.480 e. The van der Waals surface area contributed by atoms with Crippen molar-refractivity contribution in [1.29, 1.82) is 0 Å². The molecular formula is C15H16FN3O4. The molecule has 1 aromatic rings. The van der Waals surface area contributed by atoms with Crippen LogP contribution in [0.1, 0.15) is 25.3 Å². The van der Waals surface area contributed by atoms with Crippen LogP contribution < -0.4 is 20.7 Å². The third kappa shape index (κ3) is 2.49. The molecule has 8 heteroatoms. The van der Waals surface area contributed by atoms with Crippen molar-refractivity contribution in [3.63, 3.8) is 0 Å². The molecule has 3 N–H and O–H groups in total. The molecule has 0 unspecified atom stereocenters. The van der Waals surface area contributed by atoms with E-state index in [1.807, 2.05) is 6.92 Å². The molecule has 0 radical (unpaired) electrons. The fraction of sp³-hybridized carbons (Fsp3) is 0.400. The molecule has 3 rings (SSSR count). The monoisotopic (exact) mass is 321 g/mol. The van der Waals surface area contributed by atoms with Gasteiger partial charge in [0, 0.05) is 18.5 Å². The van der Waals surface area contributed by atoms with Gasteiger partial charge in [-0.25, -0.2) is 9.18 Å². The zero-order valence-electron chi connectivity index (χ0n) is 12.4. The summed E-state index contributed by atoms with van der Waals surface area (Å²) in [5.74, 6) is -1.36. The second-order valence-electron chi connectivity index (χ2n) is 5.56. The molecule has 1 fully saturated rings. The molecule has 2 aliphatic heterocycles. The lowest BCUT2D eigenvalue weighted by molar-refractivity contribution is -0.133. The molecule has 4 amide bonds. The van der Waals surface area contributed by atoms with Crippen molar-refractivity contribution in [2.24, 2.45) is 0 Å². The van der Waals surface area contributed by atoms with E-state index in [1.54, 1.807) is 0 Å². The Morgan fingerprint density at radius 2 is 2.26 bits per heavy atom. The summed E-state index contributed by atoms with van der Waals surface area (Å²) in [6.45, 7) is 2.38. The summed E-state index contributed by atoms with van der Waals surface area (Å²) in [7, 11) is 0. The van der Waals surface area contributed by atoms with Gasteiger partial charge in [-0.15, -0.1) is 0 Å². The van der Waals surface area contributed by atoms with E-state index >= 15 is 0 Å². The van der Waals surface area contributed by atoms with Gasteiger partial charge >= 0.3 is 6.03 Å². The minimum absolute atomic E-state index is 0.101. The number of imide groups is 1. The summed E-state index contributed by atoms with van der Waals surface area (Å²) in [4.78, 5) is 36.1. The molecule has 0 aromatic heterocycles. The van der Waals surface area contributed by atoms with Gasteiger partial charge in [0.15, 0.2) is 11.6 Å². The topological polar surface area (TPSA) is 96.5 Å². The van der Waals surface area contributed by atoms with Crippen molar-refractivity contribution < 1.29 is 23.5 Å². The zero-order chi connectivity index (χ0) is 16.6. The number of hydrogen-bond acceptors (Lipinski definition) is 4. The molecule has 1 aromatic carbocycles. The summed E-state index contributed by atoms with van der Waals surface area (Å²) >= 11 is 0. The Labute approximate surface area is 131 Å². The standard InChI is InChI=1S/C15H16FN3O4/c1-2-5-17-12(20)11-7-15(13(21)18-14(22)19-15)9-6-8(16)3-4-10(9)23-11/h3-4,6,11H,2,5,7H2,1H3,(H,17,20)(H2,18,19,21,22)/t11-,15-/m1/s1. The largest absolute Gasteiger partial charge is 0.480 e. The van der Waals surface area contributed by atoms with Crippen molar-refractivity contribution in [2.75, 3.05) is 6.54 Å². The molecule has 0 saturated carbocycles. The van der Waals surface area contributed by atoms with Crippen LogP contribution in [-0.4, -0.2) is 30.5 Å². The van der Waals surface area contributed by atoms with Gasteiger partial charge in [0.2, 0.25) is 0 Å². The van der Waals surface area contributed by atoms with Gasteiger partial charge in [0.25, 0.3) is 11.8 Å². The molecule has 2 atom stereocenters. The van der Waals surface area contributed by atoms with Gasteiger partial charge in [-0.3, -0.25) is 14.9 Å². The first-order valence-electron chi connectivity index (χ1n) is 7.34. The van der Waals surface area contributed by atoms with E-state index in [-0.39, 0.29) is 23.6 Å². The number of halogens is 1. The number of urea groups is 1. The van der Waals surface area contributed by atoms with Crippen LogP contribution >= 0.6 is 0 Å². The van der Waals surface area contributed by atoms with E-state index in [9.17, 15) is 18.8 Å².